The summed E-state index contributed by atoms with van der Waals surface area (Å²) < 4.78 is 5.82. The van der Waals surface area contributed by atoms with Crippen molar-refractivity contribution < 1.29 is 24.5 Å². The molecule has 134 valence electrons. The summed E-state index contributed by atoms with van der Waals surface area (Å²) >= 11 is 0. The highest BCUT2D eigenvalue weighted by molar-refractivity contribution is 5.98. The highest BCUT2D eigenvalue weighted by atomic mass is 16.5. The molecule has 2 heterocycles. The Balaban J connectivity index is 2.15. The number of unbranched alkanes of at least 4 members (excludes halogenated alkanes) is 1. The number of aliphatic hydroxyl groups is 1. The molecule has 0 aromatic rings. The van der Waals surface area contributed by atoms with Crippen molar-refractivity contribution in [1.29, 1.82) is 0 Å². The number of carboxylic acids is 1. The van der Waals surface area contributed by atoms with Gasteiger partial charge in [0.25, 0.3) is 0 Å². The Hall–Kier alpha value is -2.09. The highest BCUT2D eigenvalue weighted by Gasteiger charge is 2.60. The molecule has 0 bridgehead atoms. The number of allylic oxidation sites excluding steroid dienone is 1. The fraction of sp³-hybridized carbons (Fsp3) is 0.688. The van der Waals surface area contributed by atoms with Crippen LogP contribution in [0.25, 0.3) is 0 Å². The van der Waals surface area contributed by atoms with Crippen LogP contribution < -0.4 is 5.73 Å². The van der Waals surface area contributed by atoms with Gasteiger partial charge in [-0.3, -0.25) is 14.7 Å². The summed E-state index contributed by atoms with van der Waals surface area (Å²) in [6, 6.07) is 0. The molecular formula is C16H25N3O5. The lowest BCUT2D eigenvalue weighted by molar-refractivity contribution is -0.183. The van der Waals surface area contributed by atoms with E-state index in [0.717, 1.165) is 17.7 Å². The summed E-state index contributed by atoms with van der Waals surface area (Å²) in [5.41, 5.74) is 4.55. The van der Waals surface area contributed by atoms with Gasteiger partial charge in [0, 0.05) is 12.0 Å². The Morgan fingerprint density at radius 1 is 1.50 bits per heavy atom. The fourth-order valence-electron chi connectivity index (χ4n) is 3.22. The number of carboxylic acid groups (broad SMARTS) is 1. The number of carbonyl (C=O) groups is 2. The lowest BCUT2D eigenvalue weighted by atomic mass is 9.84. The Kier molecular flexibility index (Phi) is 5.17. The van der Waals surface area contributed by atoms with Crippen molar-refractivity contribution in [2.45, 2.75) is 52.4 Å². The van der Waals surface area contributed by atoms with Crippen LogP contribution in [0.3, 0.4) is 0 Å². The molecular weight excluding hydrogens is 314 g/mol. The number of nitrogens with two attached hydrogens (primary N) is 1. The van der Waals surface area contributed by atoms with Crippen molar-refractivity contribution in [2.75, 3.05) is 6.54 Å². The first-order chi connectivity index (χ1) is 11.2. The number of aliphatic hydroxyl groups excluding tert-OH is 1. The van der Waals surface area contributed by atoms with Gasteiger partial charge >= 0.3 is 5.97 Å². The quantitative estimate of drug-likeness (QED) is 0.258. The fourth-order valence-corrected chi connectivity index (χ4v) is 3.22. The van der Waals surface area contributed by atoms with Gasteiger partial charge in [-0.25, -0.2) is 4.79 Å². The summed E-state index contributed by atoms with van der Waals surface area (Å²) in [4.78, 5) is 28.9. The molecule has 4 N–H and O–H groups in total. The summed E-state index contributed by atoms with van der Waals surface area (Å²) in [6.07, 6.45) is 2.00. The van der Waals surface area contributed by atoms with E-state index in [1.165, 1.54) is 13.3 Å². The maximum absolute atomic E-state index is 12.2. The van der Waals surface area contributed by atoms with Gasteiger partial charge in [-0.2, -0.15) is 0 Å². The lowest BCUT2D eigenvalue weighted by Gasteiger charge is -2.42. The molecule has 2 aliphatic rings. The van der Waals surface area contributed by atoms with E-state index in [4.69, 9.17) is 10.5 Å². The molecule has 8 heteroatoms. The third-order valence-corrected chi connectivity index (χ3v) is 4.56. The number of aliphatic imine (C=N–C) groups is 1. The third kappa shape index (κ3) is 3.10. The Morgan fingerprint density at radius 3 is 2.71 bits per heavy atom. The van der Waals surface area contributed by atoms with Gasteiger partial charge in [0.1, 0.15) is 11.7 Å². The molecule has 3 atom stereocenters. The largest absolute Gasteiger partial charge is 0.476 e. The van der Waals surface area contributed by atoms with Crippen molar-refractivity contribution in [3.8, 4) is 0 Å². The van der Waals surface area contributed by atoms with E-state index in [-0.39, 0.29) is 5.70 Å². The standard InChI is InChI=1S/C16H25N3O5/c1-9(20)10-13(21)19-11(15(22)23)12(24-14(10)19)16(2,3)6-4-5-7-18-8-17/h8-10,14,20H,4-7H2,1-3H3,(H2,17,18)(H,22,23)/t9-,10+,14-/m1/s1. The van der Waals surface area contributed by atoms with Crippen molar-refractivity contribution >= 4 is 18.2 Å². The minimum absolute atomic E-state index is 0.105. The molecule has 0 aliphatic carbocycles. The predicted octanol–water partition coefficient (Wildman–Crippen LogP) is 0.662. The molecule has 0 unspecified atom stereocenters. The smallest absolute Gasteiger partial charge is 0.356 e. The van der Waals surface area contributed by atoms with Crippen molar-refractivity contribution in [3.63, 3.8) is 0 Å². The van der Waals surface area contributed by atoms with Gasteiger partial charge in [-0.1, -0.05) is 20.3 Å². The van der Waals surface area contributed by atoms with Gasteiger partial charge in [0.05, 0.1) is 12.4 Å². The van der Waals surface area contributed by atoms with Crippen LogP contribution in [0.2, 0.25) is 0 Å². The number of ether oxygens (including phenoxy) is 1. The summed E-state index contributed by atoms with van der Waals surface area (Å²) in [5.74, 6) is -2.01. The topological polar surface area (TPSA) is 125 Å². The van der Waals surface area contributed by atoms with Crippen LogP contribution in [0, 0.1) is 11.3 Å². The van der Waals surface area contributed by atoms with E-state index in [1.807, 2.05) is 13.8 Å². The van der Waals surface area contributed by atoms with Gasteiger partial charge in [-0.05, 0) is 19.8 Å². The first-order valence-electron chi connectivity index (χ1n) is 8.08. The van der Waals surface area contributed by atoms with Crippen molar-refractivity contribution in [2.24, 2.45) is 22.1 Å². The van der Waals surface area contributed by atoms with Crippen LogP contribution in [0.15, 0.2) is 16.4 Å². The SMILES string of the molecule is C[C@@H](O)[C@H]1C(=O)N2C(C(=O)O)=C(C(C)(C)CCCCN=CN)O[C@H]12. The number of nitrogens with zero attached hydrogens (tertiary/aromatic N) is 2. The molecule has 24 heavy (non-hydrogen) atoms. The van der Waals surface area contributed by atoms with Crippen LogP contribution >= 0.6 is 0 Å². The Labute approximate surface area is 141 Å². The molecule has 8 nitrogen and oxygen atoms in total. The zero-order valence-electron chi connectivity index (χ0n) is 14.2. The van der Waals surface area contributed by atoms with Crippen molar-refractivity contribution in [3.05, 3.63) is 11.5 Å². The molecule has 1 saturated heterocycles. The molecule has 0 aromatic heterocycles. The van der Waals surface area contributed by atoms with Gasteiger partial charge in [-0.15, -0.1) is 0 Å². The van der Waals surface area contributed by atoms with Crippen LogP contribution in [-0.4, -0.2) is 52.2 Å². The van der Waals surface area contributed by atoms with E-state index < -0.39 is 35.5 Å². The summed E-state index contributed by atoms with van der Waals surface area (Å²) in [5, 5.41) is 19.2. The zero-order valence-corrected chi connectivity index (χ0v) is 14.2. The first kappa shape index (κ1) is 18.3. The molecule has 0 radical (unpaired) electrons. The summed E-state index contributed by atoms with van der Waals surface area (Å²) in [6.45, 7) is 5.91. The average molecular weight is 339 g/mol. The van der Waals surface area contributed by atoms with Crippen molar-refractivity contribution in [1.82, 2.24) is 4.90 Å². The number of amides is 1. The number of fused-ring (bicyclic) bond motifs is 1. The van der Waals surface area contributed by atoms with Crippen LogP contribution in [-0.2, 0) is 14.3 Å². The number of carbonyl (C=O) groups excluding carboxylic acids is 1. The van der Waals surface area contributed by atoms with Crippen LogP contribution in [0.4, 0.5) is 0 Å². The number of rotatable bonds is 8. The molecule has 1 fully saturated rings. The number of hydrogen-bond acceptors (Lipinski definition) is 5. The lowest BCUT2D eigenvalue weighted by Crippen LogP contribution is -2.62. The van der Waals surface area contributed by atoms with Crippen LogP contribution in [0.5, 0.6) is 0 Å². The second-order valence-corrected chi connectivity index (χ2v) is 6.86. The van der Waals surface area contributed by atoms with E-state index >= 15 is 0 Å². The maximum atomic E-state index is 12.2. The molecule has 2 rings (SSSR count). The minimum Gasteiger partial charge on any atom is -0.476 e. The second kappa shape index (κ2) is 6.80. The average Bonchev–Trinajstić information content (AvgIpc) is 2.82. The first-order valence-corrected chi connectivity index (χ1v) is 8.08. The van der Waals surface area contributed by atoms with E-state index in [2.05, 4.69) is 4.99 Å². The van der Waals surface area contributed by atoms with Crippen LogP contribution in [0.1, 0.15) is 40.0 Å². The Morgan fingerprint density at radius 2 is 2.17 bits per heavy atom. The van der Waals surface area contributed by atoms with Gasteiger partial charge in [0.15, 0.2) is 11.9 Å². The number of hydrogen-bond donors (Lipinski definition) is 3. The number of aliphatic carboxylic acids is 1. The monoisotopic (exact) mass is 339 g/mol. The normalized spacial score (nSPS) is 24.8. The molecule has 2 aliphatic heterocycles. The molecule has 0 saturated carbocycles. The van der Waals surface area contributed by atoms with E-state index in [0.29, 0.717) is 18.7 Å². The van der Waals surface area contributed by atoms with Gasteiger partial charge in [0.2, 0.25) is 5.91 Å². The third-order valence-electron chi connectivity index (χ3n) is 4.56. The second-order valence-electron chi connectivity index (χ2n) is 6.86. The zero-order chi connectivity index (χ0) is 18.1. The Bertz CT molecular complexity index is 582. The van der Waals surface area contributed by atoms with E-state index in [9.17, 15) is 19.8 Å². The molecule has 0 aromatic carbocycles. The highest BCUT2D eigenvalue weighted by Crippen LogP contribution is 2.48. The maximum Gasteiger partial charge on any atom is 0.356 e. The molecule has 0 spiro atoms. The molecule has 1 amide bonds. The minimum atomic E-state index is -1.19. The number of β-lactam (4-membered cyclic amide) rings is 1. The van der Waals surface area contributed by atoms with E-state index in [1.54, 1.807) is 0 Å². The van der Waals surface area contributed by atoms with Gasteiger partial charge < -0.3 is 20.7 Å². The summed E-state index contributed by atoms with van der Waals surface area (Å²) in [7, 11) is 0. The predicted molar refractivity (Wildman–Crippen MR) is 86.7 cm³/mol.